The van der Waals surface area contributed by atoms with Crippen molar-refractivity contribution in [2.75, 3.05) is 19.8 Å². The molecule has 0 spiro atoms. The van der Waals surface area contributed by atoms with Crippen molar-refractivity contribution in [1.82, 2.24) is 4.98 Å². The summed E-state index contributed by atoms with van der Waals surface area (Å²) in [4.78, 5) is 13.9. The molecule has 0 fully saturated rings. The van der Waals surface area contributed by atoms with Crippen LogP contribution in [0.4, 0.5) is 5.82 Å². The Kier molecular flexibility index (Phi) is 6.17. The summed E-state index contributed by atoms with van der Waals surface area (Å²) >= 11 is 0. The van der Waals surface area contributed by atoms with Crippen LogP contribution in [0.3, 0.4) is 0 Å². The first kappa shape index (κ1) is 16.5. The van der Waals surface area contributed by atoms with E-state index in [1.807, 2.05) is 19.1 Å². The van der Waals surface area contributed by atoms with E-state index in [1.165, 1.54) is 12.3 Å². The Morgan fingerprint density at radius 3 is 2.22 bits per heavy atom. The van der Waals surface area contributed by atoms with Crippen LogP contribution >= 0.6 is 0 Å². The third-order valence-corrected chi connectivity index (χ3v) is 2.83. The molecule has 0 atom stereocenters. The molecular formula is C16H18N2O5. The van der Waals surface area contributed by atoms with Crippen LogP contribution in [0.2, 0.25) is 0 Å². The molecule has 0 N–H and O–H groups in total. The van der Waals surface area contributed by atoms with E-state index in [1.54, 1.807) is 18.2 Å². The molecule has 0 unspecified atom stereocenters. The summed E-state index contributed by atoms with van der Waals surface area (Å²) in [5.41, 5.74) is 0. The van der Waals surface area contributed by atoms with E-state index < -0.39 is 4.92 Å². The monoisotopic (exact) mass is 318 g/mol. The average molecular weight is 318 g/mol. The minimum atomic E-state index is -0.578. The minimum Gasteiger partial charge on any atom is -0.494 e. The number of rotatable bonds is 9. The molecule has 0 saturated carbocycles. The zero-order valence-corrected chi connectivity index (χ0v) is 12.8. The predicted molar refractivity (Wildman–Crippen MR) is 84.1 cm³/mol. The molecule has 0 aliphatic heterocycles. The topological polar surface area (TPSA) is 83.7 Å². The summed E-state index contributed by atoms with van der Waals surface area (Å²) in [6, 6.07) is 10.4. The predicted octanol–water partition coefficient (Wildman–Crippen LogP) is 3.24. The Labute approximate surface area is 134 Å². The van der Waals surface area contributed by atoms with Gasteiger partial charge in [0, 0.05) is 0 Å². The molecule has 0 saturated heterocycles. The van der Waals surface area contributed by atoms with E-state index in [4.69, 9.17) is 14.2 Å². The lowest BCUT2D eigenvalue weighted by molar-refractivity contribution is -0.390. The highest BCUT2D eigenvalue weighted by molar-refractivity contribution is 5.38. The maximum Gasteiger partial charge on any atom is 0.406 e. The van der Waals surface area contributed by atoms with Gasteiger partial charge in [-0.25, -0.2) is 0 Å². The van der Waals surface area contributed by atoms with Gasteiger partial charge in [0.05, 0.1) is 6.61 Å². The molecule has 0 radical (unpaired) electrons. The van der Waals surface area contributed by atoms with Crippen LogP contribution in [0, 0.1) is 10.1 Å². The zero-order valence-electron chi connectivity index (χ0n) is 12.8. The number of hydrogen-bond acceptors (Lipinski definition) is 6. The van der Waals surface area contributed by atoms with Crippen LogP contribution < -0.4 is 14.2 Å². The van der Waals surface area contributed by atoms with Crippen LogP contribution in [0.5, 0.6) is 17.2 Å². The Balaban J connectivity index is 1.78. The minimum absolute atomic E-state index is 0.129. The molecule has 2 aromatic rings. The van der Waals surface area contributed by atoms with Crippen molar-refractivity contribution >= 4 is 5.82 Å². The zero-order chi connectivity index (χ0) is 16.5. The fourth-order valence-corrected chi connectivity index (χ4v) is 1.80. The van der Waals surface area contributed by atoms with E-state index >= 15 is 0 Å². The van der Waals surface area contributed by atoms with Crippen LogP contribution in [-0.2, 0) is 0 Å². The number of pyridine rings is 1. The SMILES string of the molecule is CCCOc1ccc(OCCOc2cccnc2[N+](=O)[O-])cc1. The van der Waals surface area contributed by atoms with Gasteiger partial charge in [0.1, 0.15) is 30.9 Å². The van der Waals surface area contributed by atoms with Gasteiger partial charge in [-0.15, -0.1) is 0 Å². The highest BCUT2D eigenvalue weighted by Gasteiger charge is 2.15. The molecule has 0 bridgehead atoms. The summed E-state index contributed by atoms with van der Waals surface area (Å²) < 4.78 is 16.3. The van der Waals surface area contributed by atoms with E-state index in [2.05, 4.69) is 4.98 Å². The number of aromatic nitrogens is 1. The van der Waals surface area contributed by atoms with E-state index in [9.17, 15) is 10.1 Å². The fourth-order valence-electron chi connectivity index (χ4n) is 1.80. The highest BCUT2D eigenvalue weighted by atomic mass is 16.6. The van der Waals surface area contributed by atoms with Gasteiger partial charge in [-0.1, -0.05) is 6.92 Å². The molecule has 122 valence electrons. The molecule has 23 heavy (non-hydrogen) atoms. The summed E-state index contributed by atoms with van der Waals surface area (Å²) in [5, 5.41) is 10.8. The highest BCUT2D eigenvalue weighted by Crippen LogP contribution is 2.23. The first-order valence-electron chi connectivity index (χ1n) is 7.28. The number of nitro groups is 1. The molecule has 0 aliphatic rings. The van der Waals surface area contributed by atoms with Crippen LogP contribution in [0.1, 0.15) is 13.3 Å². The maximum atomic E-state index is 10.8. The van der Waals surface area contributed by atoms with Gasteiger partial charge in [-0.2, -0.15) is 0 Å². The second-order valence-electron chi connectivity index (χ2n) is 4.60. The molecule has 0 aliphatic carbocycles. The van der Waals surface area contributed by atoms with Gasteiger partial charge >= 0.3 is 5.82 Å². The van der Waals surface area contributed by atoms with Crippen LogP contribution in [0.15, 0.2) is 42.6 Å². The van der Waals surface area contributed by atoms with Crippen molar-refractivity contribution in [3.63, 3.8) is 0 Å². The van der Waals surface area contributed by atoms with Crippen molar-refractivity contribution in [2.45, 2.75) is 13.3 Å². The average Bonchev–Trinajstić information content (AvgIpc) is 2.58. The van der Waals surface area contributed by atoms with Crippen molar-refractivity contribution in [3.8, 4) is 17.2 Å². The molecule has 7 heteroatoms. The van der Waals surface area contributed by atoms with Crippen molar-refractivity contribution in [2.24, 2.45) is 0 Å². The van der Waals surface area contributed by atoms with Gasteiger partial charge in [-0.05, 0) is 52.7 Å². The first-order chi connectivity index (χ1) is 11.2. The summed E-state index contributed by atoms with van der Waals surface area (Å²) in [7, 11) is 0. The third kappa shape index (κ3) is 5.14. The molecule has 1 aromatic heterocycles. The smallest absolute Gasteiger partial charge is 0.406 e. The summed E-state index contributed by atoms with van der Waals surface area (Å²) in [6.07, 6.45) is 2.31. The van der Waals surface area contributed by atoms with Gasteiger partial charge in [0.2, 0.25) is 5.75 Å². The van der Waals surface area contributed by atoms with Crippen LogP contribution in [-0.4, -0.2) is 29.7 Å². The number of nitrogens with zero attached hydrogens (tertiary/aromatic N) is 2. The summed E-state index contributed by atoms with van der Waals surface area (Å²) in [5.74, 6) is 1.30. The fraction of sp³-hybridized carbons (Fsp3) is 0.312. The molecule has 2 rings (SSSR count). The molecule has 7 nitrogen and oxygen atoms in total. The standard InChI is InChI=1S/C16H18N2O5/c1-2-10-21-13-5-7-14(8-6-13)22-11-12-23-15-4-3-9-17-16(15)18(19)20/h3-9H,2,10-12H2,1H3. The van der Waals surface area contributed by atoms with E-state index in [-0.39, 0.29) is 24.8 Å². The lowest BCUT2D eigenvalue weighted by Crippen LogP contribution is -2.10. The first-order valence-corrected chi connectivity index (χ1v) is 7.28. The maximum absolute atomic E-state index is 10.8. The lowest BCUT2D eigenvalue weighted by atomic mass is 10.3. The second-order valence-corrected chi connectivity index (χ2v) is 4.60. The molecule has 0 amide bonds. The Morgan fingerprint density at radius 2 is 1.61 bits per heavy atom. The van der Waals surface area contributed by atoms with E-state index in [0.717, 1.165) is 12.2 Å². The van der Waals surface area contributed by atoms with Gasteiger partial charge in [0.15, 0.2) is 0 Å². The summed E-state index contributed by atoms with van der Waals surface area (Å²) in [6.45, 7) is 3.17. The van der Waals surface area contributed by atoms with Crippen LogP contribution in [0.25, 0.3) is 0 Å². The number of hydrogen-bond donors (Lipinski definition) is 0. The molecule has 1 heterocycles. The van der Waals surface area contributed by atoms with Crippen molar-refractivity contribution < 1.29 is 19.1 Å². The Hall–Kier alpha value is -2.83. The largest absolute Gasteiger partial charge is 0.494 e. The number of ether oxygens (including phenoxy) is 3. The van der Waals surface area contributed by atoms with Gasteiger partial charge < -0.3 is 24.3 Å². The van der Waals surface area contributed by atoms with E-state index in [0.29, 0.717) is 12.4 Å². The van der Waals surface area contributed by atoms with Gasteiger partial charge in [0.25, 0.3) is 0 Å². The van der Waals surface area contributed by atoms with Crippen molar-refractivity contribution in [1.29, 1.82) is 0 Å². The number of benzene rings is 1. The van der Waals surface area contributed by atoms with Crippen molar-refractivity contribution in [3.05, 3.63) is 52.7 Å². The Bertz CT molecular complexity index is 631. The Morgan fingerprint density at radius 1 is 1.00 bits per heavy atom. The molecular weight excluding hydrogens is 300 g/mol. The second kappa shape index (κ2) is 8.57. The lowest BCUT2D eigenvalue weighted by Gasteiger charge is -2.09. The quantitative estimate of drug-likeness (QED) is 0.401. The normalized spacial score (nSPS) is 10.1. The van der Waals surface area contributed by atoms with Gasteiger partial charge in [-0.3, -0.25) is 0 Å². The third-order valence-electron chi connectivity index (χ3n) is 2.83. The molecule has 1 aromatic carbocycles.